The maximum atomic E-state index is 12.6. The van der Waals surface area contributed by atoms with Crippen LogP contribution < -0.4 is 18.9 Å². The lowest BCUT2D eigenvalue weighted by Crippen LogP contribution is -2.42. The monoisotopic (exact) mass is 527 g/mol. The second-order valence-corrected chi connectivity index (χ2v) is 12.2. The van der Waals surface area contributed by atoms with E-state index in [0.29, 0.717) is 35.9 Å². The average Bonchev–Trinajstić information content (AvgIpc) is 3.54. The summed E-state index contributed by atoms with van der Waals surface area (Å²) in [5.41, 5.74) is 5.10. The highest BCUT2D eigenvalue weighted by molar-refractivity contribution is 5.87. The quantitative estimate of drug-likeness (QED) is 0.494. The van der Waals surface area contributed by atoms with E-state index < -0.39 is 0 Å². The lowest BCUT2D eigenvalue weighted by atomic mass is 9.55. The Balaban J connectivity index is 1.06. The Morgan fingerprint density at radius 2 is 2.00 bits per heavy atom. The Morgan fingerprint density at radius 3 is 2.87 bits per heavy atom. The summed E-state index contributed by atoms with van der Waals surface area (Å²) in [6.45, 7) is 3.71. The molecule has 6 nitrogen and oxygen atoms in total. The first-order chi connectivity index (χ1) is 19.0. The molecule has 7 rings (SSSR count). The minimum atomic E-state index is -0.0956. The van der Waals surface area contributed by atoms with Crippen molar-refractivity contribution in [3.8, 4) is 34.8 Å². The Hall–Kier alpha value is -3.17. The summed E-state index contributed by atoms with van der Waals surface area (Å²) in [6, 6.07) is 8.61. The number of carbonyl (C=O) groups is 1. The summed E-state index contributed by atoms with van der Waals surface area (Å²) in [6.07, 6.45) is 7.20. The minimum absolute atomic E-state index is 0.0713. The third kappa shape index (κ3) is 3.92. The van der Waals surface area contributed by atoms with Crippen LogP contribution in [-0.4, -0.2) is 44.8 Å². The Labute approximate surface area is 230 Å². The van der Waals surface area contributed by atoms with Crippen molar-refractivity contribution in [3.05, 3.63) is 46.5 Å². The molecule has 6 heteroatoms. The average molecular weight is 528 g/mol. The summed E-state index contributed by atoms with van der Waals surface area (Å²) >= 11 is 0. The molecule has 5 atom stereocenters. The molecular formula is C33H37NO5. The third-order valence-electron chi connectivity index (χ3n) is 10.4. The standard InChI is InChI=1S/C33H37NO5/c1-33-14-12-24-23-9-7-22(17-20(23)6-8-25(24)26(33)10-11-29(33)35)37-16-4-5-27-30-21(13-15-34(27)2)18-28-31(32(30)36-3)39-19-38-28/h7,9,17-18,24-27H,6,8,10-16,19H2,1-3H3. The fraction of sp³-hybridized carbons (Fsp3) is 0.545. The van der Waals surface area contributed by atoms with Gasteiger partial charge >= 0.3 is 0 Å². The SMILES string of the molecule is COc1c2c(cc3c1C(C#CCOc1ccc4c(c1)CCC1C4CCC4(C)C(=O)CCC14)N(C)CC3)OCO2. The van der Waals surface area contributed by atoms with Gasteiger partial charge in [0.1, 0.15) is 24.2 Å². The van der Waals surface area contributed by atoms with Gasteiger partial charge in [-0.2, -0.15) is 0 Å². The van der Waals surface area contributed by atoms with Crippen LogP contribution >= 0.6 is 0 Å². The molecule has 2 fully saturated rings. The van der Waals surface area contributed by atoms with E-state index in [1.165, 1.54) is 23.1 Å². The van der Waals surface area contributed by atoms with Gasteiger partial charge in [-0.05, 0) is 98.2 Å². The van der Waals surface area contributed by atoms with Gasteiger partial charge < -0.3 is 18.9 Å². The predicted molar refractivity (Wildman–Crippen MR) is 148 cm³/mol. The highest BCUT2D eigenvalue weighted by Crippen LogP contribution is 2.59. The van der Waals surface area contributed by atoms with E-state index >= 15 is 0 Å². The summed E-state index contributed by atoms with van der Waals surface area (Å²) in [4.78, 5) is 14.9. The smallest absolute Gasteiger partial charge is 0.231 e. The largest absolute Gasteiger partial charge is 0.492 e. The third-order valence-corrected chi connectivity index (χ3v) is 10.4. The molecule has 5 aliphatic rings. The zero-order chi connectivity index (χ0) is 26.7. The normalized spacial score (nSPS) is 30.4. The van der Waals surface area contributed by atoms with Gasteiger partial charge in [0.25, 0.3) is 0 Å². The second kappa shape index (κ2) is 9.48. The molecule has 39 heavy (non-hydrogen) atoms. The Morgan fingerprint density at radius 1 is 1.10 bits per heavy atom. The summed E-state index contributed by atoms with van der Waals surface area (Å²) in [5, 5.41) is 0. The van der Waals surface area contributed by atoms with Crippen molar-refractivity contribution in [3.63, 3.8) is 0 Å². The summed E-state index contributed by atoms with van der Waals surface area (Å²) in [5.74, 6) is 12.1. The van der Waals surface area contributed by atoms with Gasteiger partial charge in [0.05, 0.1) is 7.11 Å². The number of fused-ring (bicyclic) bond motifs is 7. The topological polar surface area (TPSA) is 57.2 Å². The molecule has 0 radical (unpaired) electrons. The van der Waals surface area contributed by atoms with Crippen LogP contribution in [0.5, 0.6) is 23.0 Å². The molecule has 2 aromatic rings. The molecule has 0 spiro atoms. The van der Waals surface area contributed by atoms with Crippen molar-refractivity contribution in [2.24, 2.45) is 17.3 Å². The Bertz CT molecular complexity index is 1390. The molecule has 2 heterocycles. The number of aryl methyl sites for hydroxylation is 1. The van der Waals surface area contributed by atoms with Crippen LogP contribution in [0.2, 0.25) is 0 Å². The lowest BCUT2D eigenvalue weighted by molar-refractivity contribution is -0.129. The molecule has 5 unspecified atom stereocenters. The molecule has 0 saturated heterocycles. The molecule has 0 amide bonds. The number of carbonyl (C=O) groups excluding carboxylic acids is 1. The first-order valence-corrected chi connectivity index (χ1v) is 14.4. The van der Waals surface area contributed by atoms with Gasteiger partial charge in [0.2, 0.25) is 12.5 Å². The van der Waals surface area contributed by atoms with E-state index in [-0.39, 0.29) is 18.2 Å². The molecule has 2 aromatic carbocycles. The molecular weight excluding hydrogens is 490 g/mol. The summed E-state index contributed by atoms with van der Waals surface area (Å²) in [7, 11) is 3.77. The van der Waals surface area contributed by atoms with Gasteiger partial charge in [-0.3, -0.25) is 9.69 Å². The van der Waals surface area contributed by atoms with Gasteiger partial charge in [-0.1, -0.05) is 24.8 Å². The maximum Gasteiger partial charge on any atom is 0.231 e. The fourth-order valence-electron chi connectivity index (χ4n) is 8.29. The van der Waals surface area contributed by atoms with Crippen molar-refractivity contribution < 1.29 is 23.7 Å². The van der Waals surface area contributed by atoms with Crippen molar-refractivity contribution in [2.45, 2.75) is 63.8 Å². The van der Waals surface area contributed by atoms with Crippen LogP contribution in [0, 0.1) is 29.1 Å². The van der Waals surface area contributed by atoms with E-state index in [1.54, 1.807) is 7.11 Å². The molecule has 3 aliphatic carbocycles. The molecule has 0 N–H and O–H groups in total. The van der Waals surface area contributed by atoms with E-state index in [2.05, 4.69) is 55.0 Å². The molecule has 0 bridgehead atoms. The number of rotatable bonds is 3. The predicted octanol–water partition coefficient (Wildman–Crippen LogP) is 5.46. The van der Waals surface area contributed by atoms with E-state index in [9.17, 15) is 4.79 Å². The number of ether oxygens (including phenoxy) is 4. The number of likely N-dealkylation sites (N-methyl/N-ethyl adjacent to an activating group) is 1. The van der Waals surface area contributed by atoms with Crippen molar-refractivity contribution in [1.82, 2.24) is 4.90 Å². The van der Waals surface area contributed by atoms with Crippen LogP contribution in [0.1, 0.15) is 73.2 Å². The highest BCUT2D eigenvalue weighted by Gasteiger charge is 2.54. The minimum Gasteiger partial charge on any atom is -0.492 e. The van der Waals surface area contributed by atoms with Crippen LogP contribution in [0.25, 0.3) is 0 Å². The van der Waals surface area contributed by atoms with Crippen LogP contribution in [-0.2, 0) is 17.6 Å². The van der Waals surface area contributed by atoms with Gasteiger partial charge in [0, 0.05) is 23.9 Å². The number of hydrogen-bond acceptors (Lipinski definition) is 6. The van der Waals surface area contributed by atoms with Crippen molar-refractivity contribution in [1.29, 1.82) is 0 Å². The lowest BCUT2D eigenvalue weighted by Gasteiger charge is -2.48. The number of methoxy groups -OCH3 is 1. The highest BCUT2D eigenvalue weighted by atomic mass is 16.7. The van der Waals surface area contributed by atoms with E-state index in [1.807, 2.05) is 0 Å². The van der Waals surface area contributed by atoms with Crippen LogP contribution in [0.3, 0.4) is 0 Å². The van der Waals surface area contributed by atoms with E-state index in [4.69, 9.17) is 18.9 Å². The number of hydrogen-bond donors (Lipinski definition) is 0. The number of benzene rings is 2. The van der Waals surface area contributed by atoms with Gasteiger partial charge in [-0.25, -0.2) is 0 Å². The number of Topliss-reactive ketones (excluding diaryl/α,β-unsaturated/α-hetero) is 1. The molecule has 204 valence electrons. The van der Waals surface area contributed by atoms with Crippen LogP contribution in [0.15, 0.2) is 24.3 Å². The van der Waals surface area contributed by atoms with Gasteiger partial charge in [0.15, 0.2) is 11.5 Å². The molecule has 2 aliphatic heterocycles. The second-order valence-electron chi connectivity index (χ2n) is 12.2. The Kier molecular flexibility index (Phi) is 6.04. The van der Waals surface area contributed by atoms with Crippen molar-refractivity contribution in [2.75, 3.05) is 34.1 Å². The first-order valence-electron chi connectivity index (χ1n) is 14.4. The van der Waals surface area contributed by atoms with Crippen LogP contribution in [0.4, 0.5) is 0 Å². The molecule has 2 saturated carbocycles. The summed E-state index contributed by atoms with van der Waals surface area (Å²) < 4.78 is 23.3. The van der Waals surface area contributed by atoms with Gasteiger partial charge in [-0.15, -0.1) is 0 Å². The van der Waals surface area contributed by atoms with E-state index in [0.717, 1.165) is 67.9 Å². The number of nitrogens with zero attached hydrogens (tertiary/aromatic N) is 1. The zero-order valence-corrected chi connectivity index (χ0v) is 23.2. The zero-order valence-electron chi connectivity index (χ0n) is 23.2. The van der Waals surface area contributed by atoms with Crippen molar-refractivity contribution >= 4 is 5.78 Å². The molecule has 0 aromatic heterocycles. The fourth-order valence-corrected chi connectivity index (χ4v) is 8.29. The first kappa shape index (κ1) is 24.8. The maximum absolute atomic E-state index is 12.6. The number of ketones is 1.